The van der Waals surface area contributed by atoms with Gasteiger partial charge in [0.15, 0.2) is 0 Å². The van der Waals surface area contributed by atoms with Crippen LogP contribution in [0, 0.1) is 0 Å². The molecule has 0 radical (unpaired) electrons. The minimum atomic E-state index is 0.228. The van der Waals surface area contributed by atoms with Gasteiger partial charge in [-0.1, -0.05) is 30.3 Å². The minimum absolute atomic E-state index is 0.228. The Morgan fingerprint density at radius 3 is 2.81 bits per heavy atom. The average Bonchev–Trinajstić information content (AvgIpc) is 2.80. The topological polar surface area (TPSA) is 12.5 Å². The van der Waals surface area contributed by atoms with Crippen LogP contribution in [0.1, 0.15) is 24.5 Å². The molecule has 1 saturated heterocycles. The molecule has 0 spiro atoms. The second kappa shape index (κ2) is 6.29. The molecule has 88 valence electrons. The molecular formula is C12H17INOP. The first-order valence-corrected chi connectivity index (χ1v) is 9.63. The number of methoxy groups -OCH3 is 1. The van der Waals surface area contributed by atoms with E-state index in [1.54, 1.807) is 0 Å². The van der Waals surface area contributed by atoms with E-state index in [-0.39, 0.29) is 6.10 Å². The molecule has 2 nitrogen and oxygen atoms in total. The van der Waals surface area contributed by atoms with E-state index in [0.717, 1.165) is 6.37 Å². The van der Waals surface area contributed by atoms with Gasteiger partial charge in [-0.15, -0.1) is 0 Å². The Labute approximate surface area is 112 Å². The van der Waals surface area contributed by atoms with Crippen LogP contribution in [0.4, 0.5) is 0 Å². The van der Waals surface area contributed by atoms with Gasteiger partial charge in [0.05, 0.1) is 6.10 Å². The maximum atomic E-state index is 5.71. The minimum Gasteiger partial charge on any atom is -0.375 e. The summed E-state index contributed by atoms with van der Waals surface area (Å²) in [6.07, 6.45) is 3.64. The van der Waals surface area contributed by atoms with Crippen LogP contribution in [0.3, 0.4) is 0 Å². The largest absolute Gasteiger partial charge is 0.375 e. The summed E-state index contributed by atoms with van der Waals surface area (Å²) >= 11 is 2.47. The molecule has 2 rings (SSSR count). The lowest BCUT2D eigenvalue weighted by atomic mass is 10.0. The highest BCUT2D eigenvalue weighted by Gasteiger charge is 2.32. The number of ether oxygens (including phenoxy) is 1. The van der Waals surface area contributed by atoms with Crippen LogP contribution < -0.4 is 0 Å². The molecule has 1 heterocycles. The Bertz CT molecular complexity index is 322. The predicted molar refractivity (Wildman–Crippen MR) is 78.3 cm³/mol. The Balaban J connectivity index is 2.16. The van der Waals surface area contributed by atoms with Gasteiger partial charge in [-0.2, -0.15) is 0 Å². The van der Waals surface area contributed by atoms with E-state index < -0.39 is 0 Å². The molecule has 0 aromatic heterocycles. The lowest BCUT2D eigenvalue weighted by Crippen LogP contribution is -2.28. The van der Waals surface area contributed by atoms with E-state index in [9.17, 15) is 0 Å². The monoisotopic (exact) mass is 349 g/mol. The highest BCUT2D eigenvalue weighted by molar-refractivity contribution is 14.2. The summed E-state index contributed by atoms with van der Waals surface area (Å²) in [6.45, 7) is 1.22. The van der Waals surface area contributed by atoms with Gasteiger partial charge in [-0.05, 0) is 40.4 Å². The normalized spacial score (nSPS) is 24.2. The van der Waals surface area contributed by atoms with E-state index in [1.807, 2.05) is 7.11 Å². The van der Waals surface area contributed by atoms with Crippen LogP contribution in [-0.2, 0) is 4.74 Å². The molecule has 3 unspecified atom stereocenters. The van der Waals surface area contributed by atoms with E-state index in [0.29, 0.717) is 6.04 Å². The number of hydrogen-bond acceptors (Lipinski definition) is 2. The van der Waals surface area contributed by atoms with Gasteiger partial charge in [0, 0.05) is 26.1 Å². The standard InChI is InChI=1S/C12H17INOP/c1-15-12(10-6-3-2-4-7-10)11-8-5-9-14(11)16-13/h2-4,6-7,11-12,16H,5,8-9H2,1H3. The summed E-state index contributed by atoms with van der Waals surface area (Å²) in [5.74, 6) is 0. The number of hydrogen-bond donors (Lipinski definition) is 0. The highest BCUT2D eigenvalue weighted by Crippen LogP contribution is 2.41. The number of halogens is 1. The molecule has 0 bridgehead atoms. The number of nitrogens with zero attached hydrogens (tertiary/aromatic N) is 1. The molecule has 1 aliphatic heterocycles. The fourth-order valence-electron chi connectivity index (χ4n) is 2.37. The summed E-state index contributed by atoms with van der Waals surface area (Å²) in [4.78, 5) is 0. The van der Waals surface area contributed by atoms with Crippen molar-refractivity contribution in [3.05, 3.63) is 35.9 Å². The SMILES string of the molecule is COC(c1ccccc1)C1CCCN1PI. The van der Waals surface area contributed by atoms with Crippen molar-refractivity contribution in [2.45, 2.75) is 25.0 Å². The van der Waals surface area contributed by atoms with Gasteiger partial charge in [-0.25, -0.2) is 0 Å². The van der Waals surface area contributed by atoms with Gasteiger partial charge in [0.2, 0.25) is 0 Å². The van der Waals surface area contributed by atoms with Crippen LogP contribution in [0.15, 0.2) is 30.3 Å². The van der Waals surface area contributed by atoms with Crippen LogP contribution in [-0.4, -0.2) is 24.4 Å². The molecule has 4 heteroatoms. The molecule has 0 saturated carbocycles. The van der Waals surface area contributed by atoms with Gasteiger partial charge in [-0.3, -0.25) is 4.67 Å². The van der Waals surface area contributed by atoms with E-state index >= 15 is 0 Å². The van der Waals surface area contributed by atoms with E-state index in [4.69, 9.17) is 4.74 Å². The quantitative estimate of drug-likeness (QED) is 0.606. The zero-order valence-electron chi connectivity index (χ0n) is 9.40. The molecule has 3 atom stereocenters. The van der Waals surface area contributed by atoms with Crippen molar-refractivity contribution in [2.24, 2.45) is 0 Å². The third kappa shape index (κ3) is 2.76. The Morgan fingerprint density at radius 1 is 1.44 bits per heavy atom. The summed E-state index contributed by atoms with van der Waals surface area (Å²) < 4.78 is 8.26. The zero-order chi connectivity index (χ0) is 11.4. The summed E-state index contributed by atoms with van der Waals surface area (Å²) in [7, 11) is 1.82. The van der Waals surface area contributed by atoms with Crippen molar-refractivity contribution in [1.82, 2.24) is 4.67 Å². The third-order valence-electron chi connectivity index (χ3n) is 3.14. The van der Waals surface area contributed by atoms with Crippen molar-refractivity contribution in [1.29, 1.82) is 0 Å². The van der Waals surface area contributed by atoms with Crippen LogP contribution in [0.25, 0.3) is 0 Å². The number of benzene rings is 1. The van der Waals surface area contributed by atoms with Crippen LogP contribution in [0.2, 0.25) is 0 Å². The average molecular weight is 349 g/mol. The first kappa shape index (κ1) is 12.7. The molecule has 1 aromatic carbocycles. The van der Waals surface area contributed by atoms with Crippen molar-refractivity contribution in [3.63, 3.8) is 0 Å². The fourth-order valence-corrected chi connectivity index (χ4v) is 4.80. The fraction of sp³-hybridized carbons (Fsp3) is 0.500. The third-order valence-corrected chi connectivity index (χ3v) is 5.77. The second-order valence-corrected chi connectivity index (χ2v) is 6.25. The van der Waals surface area contributed by atoms with Crippen LogP contribution in [0.5, 0.6) is 0 Å². The summed E-state index contributed by atoms with van der Waals surface area (Å²) in [6, 6.07) is 11.1. The molecule has 0 aliphatic carbocycles. The summed E-state index contributed by atoms with van der Waals surface area (Å²) in [5.41, 5.74) is 1.30. The first-order chi connectivity index (χ1) is 7.86. The van der Waals surface area contributed by atoms with Crippen molar-refractivity contribution in [2.75, 3.05) is 13.7 Å². The van der Waals surface area contributed by atoms with E-state index in [1.165, 1.54) is 24.9 Å². The van der Waals surface area contributed by atoms with Gasteiger partial charge >= 0.3 is 0 Å². The van der Waals surface area contributed by atoms with Gasteiger partial charge in [0.25, 0.3) is 0 Å². The molecule has 1 aromatic rings. The lowest BCUT2D eigenvalue weighted by Gasteiger charge is -2.29. The second-order valence-electron chi connectivity index (χ2n) is 4.05. The smallest absolute Gasteiger partial charge is 0.0979 e. The molecule has 0 N–H and O–H groups in total. The Kier molecular flexibility index (Phi) is 5.01. The molecule has 1 fully saturated rings. The maximum Gasteiger partial charge on any atom is 0.0979 e. The maximum absolute atomic E-state index is 5.71. The Morgan fingerprint density at radius 2 is 2.19 bits per heavy atom. The van der Waals surface area contributed by atoms with Crippen molar-refractivity contribution in [3.8, 4) is 0 Å². The Hall–Kier alpha value is 0.300. The van der Waals surface area contributed by atoms with Gasteiger partial charge in [0.1, 0.15) is 0 Å². The highest BCUT2D eigenvalue weighted by atomic mass is 127. The van der Waals surface area contributed by atoms with Crippen molar-refractivity contribution < 1.29 is 4.74 Å². The predicted octanol–water partition coefficient (Wildman–Crippen LogP) is 3.78. The number of rotatable bonds is 4. The zero-order valence-corrected chi connectivity index (χ0v) is 12.6. The molecule has 0 amide bonds. The van der Waals surface area contributed by atoms with Gasteiger partial charge < -0.3 is 4.74 Å². The van der Waals surface area contributed by atoms with Crippen molar-refractivity contribution >= 4 is 28.4 Å². The van der Waals surface area contributed by atoms with Crippen LogP contribution >= 0.6 is 28.4 Å². The first-order valence-electron chi connectivity index (χ1n) is 5.57. The van der Waals surface area contributed by atoms with E-state index in [2.05, 4.69) is 57.0 Å². The molecular weight excluding hydrogens is 332 g/mol. The lowest BCUT2D eigenvalue weighted by molar-refractivity contribution is 0.0555. The summed E-state index contributed by atoms with van der Waals surface area (Å²) in [5, 5.41) is 0. The molecule has 1 aliphatic rings. The molecule has 16 heavy (non-hydrogen) atoms.